The summed E-state index contributed by atoms with van der Waals surface area (Å²) in [5.41, 5.74) is 5.74. The highest BCUT2D eigenvalue weighted by molar-refractivity contribution is 7.80. The van der Waals surface area contributed by atoms with Gasteiger partial charge in [-0.05, 0) is 37.3 Å². The quantitative estimate of drug-likeness (QED) is 0.852. The van der Waals surface area contributed by atoms with E-state index in [1.807, 2.05) is 4.90 Å². The Hall–Kier alpha value is -1.23. The Labute approximate surface area is 130 Å². The topological polar surface area (TPSA) is 29.3 Å². The van der Waals surface area contributed by atoms with Gasteiger partial charge in [-0.15, -0.1) is 0 Å². The summed E-state index contributed by atoms with van der Waals surface area (Å²) in [7, 11) is 0. The van der Waals surface area contributed by atoms with Crippen molar-refractivity contribution in [2.24, 2.45) is 11.7 Å². The van der Waals surface area contributed by atoms with Crippen molar-refractivity contribution < 1.29 is 8.78 Å². The molecule has 0 radical (unpaired) electrons. The van der Waals surface area contributed by atoms with Gasteiger partial charge in [0.1, 0.15) is 22.3 Å². The van der Waals surface area contributed by atoms with Crippen molar-refractivity contribution in [3.05, 3.63) is 29.3 Å². The molecule has 1 fully saturated rings. The van der Waals surface area contributed by atoms with E-state index in [9.17, 15) is 8.78 Å². The van der Waals surface area contributed by atoms with Crippen LogP contribution in [0.5, 0.6) is 0 Å². The fourth-order valence-electron chi connectivity index (χ4n) is 3.10. The molecule has 2 rings (SSSR count). The minimum absolute atomic E-state index is 0.0122. The highest BCUT2D eigenvalue weighted by atomic mass is 32.1. The molecule has 1 aliphatic heterocycles. The first-order chi connectivity index (χ1) is 10.0. The lowest BCUT2D eigenvalue weighted by atomic mass is 9.96. The Bertz CT molecular complexity index is 496. The van der Waals surface area contributed by atoms with E-state index in [0.29, 0.717) is 19.0 Å². The molecule has 0 saturated carbocycles. The van der Waals surface area contributed by atoms with Crippen LogP contribution in [0, 0.1) is 17.6 Å². The molecule has 1 aromatic rings. The molecule has 1 unspecified atom stereocenters. The third-order valence-corrected chi connectivity index (χ3v) is 4.40. The summed E-state index contributed by atoms with van der Waals surface area (Å²) >= 11 is 4.78. The van der Waals surface area contributed by atoms with Crippen molar-refractivity contribution in [2.75, 3.05) is 18.0 Å². The summed E-state index contributed by atoms with van der Waals surface area (Å²) in [6.07, 6.45) is 5.46. The van der Waals surface area contributed by atoms with Gasteiger partial charge in [0.15, 0.2) is 0 Å². The Morgan fingerprint density at radius 2 is 1.95 bits per heavy atom. The van der Waals surface area contributed by atoms with E-state index < -0.39 is 11.6 Å². The number of hydrogen-bond donors (Lipinski definition) is 1. The van der Waals surface area contributed by atoms with Crippen molar-refractivity contribution in [1.82, 2.24) is 0 Å². The third kappa shape index (κ3) is 3.90. The van der Waals surface area contributed by atoms with Crippen LogP contribution in [0.4, 0.5) is 14.5 Å². The average Bonchev–Trinajstić information content (AvgIpc) is 2.64. The second-order valence-electron chi connectivity index (χ2n) is 5.73. The molecule has 2 N–H and O–H groups in total. The van der Waals surface area contributed by atoms with Crippen LogP contribution in [0.15, 0.2) is 12.1 Å². The molecule has 0 spiro atoms. The molecule has 116 valence electrons. The van der Waals surface area contributed by atoms with Crippen molar-refractivity contribution in [1.29, 1.82) is 0 Å². The Balaban J connectivity index is 2.20. The van der Waals surface area contributed by atoms with Crippen molar-refractivity contribution in [3.8, 4) is 0 Å². The van der Waals surface area contributed by atoms with Gasteiger partial charge >= 0.3 is 0 Å². The second kappa shape index (κ2) is 7.16. The van der Waals surface area contributed by atoms with Gasteiger partial charge in [-0.1, -0.05) is 32.0 Å². The first-order valence-electron chi connectivity index (χ1n) is 7.56. The number of nitrogens with zero attached hydrogens (tertiary/aromatic N) is 1. The number of nitrogens with two attached hydrogens (primary N) is 1. The SMILES string of the molecule is CCCC1CCCN(c2c(F)cc(C(N)=S)cc2F)CC1. The molecule has 21 heavy (non-hydrogen) atoms. The minimum atomic E-state index is -0.577. The molecular weight excluding hydrogens is 290 g/mol. The van der Waals surface area contributed by atoms with Gasteiger partial charge in [0.25, 0.3) is 0 Å². The zero-order chi connectivity index (χ0) is 15.4. The summed E-state index contributed by atoms with van der Waals surface area (Å²) in [6.45, 7) is 3.57. The second-order valence-corrected chi connectivity index (χ2v) is 6.17. The molecule has 1 saturated heterocycles. The molecule has 1 aromatic carbocycles. The first kappa shape index (κ1) is 16.1. The zero-order valence-electron chi connectivity index (χ0n) is 12.4. The van der Waals surface area contributed by atoms with Gasteiger partial charge in [-0.2, -0.15) is 0 Å². The molecule has 1 atom stereocenters. The minimum Gasteiger partial charge on any atom is -0.389 e. The predicted octanol–water partition coefficient (Wildman–Crippen LogP) is 4.01. The summed E-state index contributed by atoms with van der Waals surface area (Å²) < 4.78 is 28.5. The number of rotatable bonds is 4. The molecule has 0 bridgehead atoms. The van der Waals surface area contributed by atoms with E-state index in [0.717, 1.165) is 25.7 Å². The molecule has 0 amide bonds. The van der Waals surface area contributed by atoms with Crippen molar-refractivity contribution in [2.45, 2.75) is 39.0 Å². The molecule has 5 heteroatoms. The Morgan fingerprint density at radius 1 is 1.29 bits per heavy atom. The van der Waals surface area contributed by atoms with Crippen molar-refractivity contribution >= 4 is 22.9 Å². The van der Waals surface area contributed by atoms with Crippen LogP contribution in [-0.4, -0.2) is 18.1 Å². The molecule has 0 aromatic heterocycles. The first-order valence-corrected chi connectivity index (χ1v) is 7.97. The van der Waals surface area contributed by atoms with E-state index in [1.54, 1.807) is 0 Å². The Morgan fingerprint density at radius 3 is 2.52 bits per heavy atom. The lowest BCUT2D eigenvalue weighted by Gasteiger charge is -2.24. The van der Waals surface area contributed by atoms with Gasteiger partial charge in [0.2, 0.25) is 0 Å². The van der Waals surface area contributed by atoms with E-state index >= 15 is 0 Å². The largest absolute Gasteiger partial charge is 0.389 e. The van der Waals surface area contributed by atoms with Crippen LogP contribution >= 0.6 is 12.2 Å². The normalized spacial score (nSPS) is 19.4. The number of thiocarbonyl (C=S) groups is 1. The number of benzene rings is 1. The highest BCUT2D eigenvalue weighted by Crippen LogP contribution is 2.30. The standard InChI is InChI=1S/C16H22F2N2S/c1-2-4-11-5-3-7-20(8-6-11)15-13(17)9-12(16(19)21)10-14(15)18/h9-11H,2-8H2,1H3,(H2,19,21). The number of hydrogen-bond acceptors (Lipinski definition) is 2. The van der Waals surface area contributed by atoms with Gasteiger partial charge in [-0.3, -0.25) is 0 Å². The fourth-order valence-corrected chi connectivity index (χ4v) is 3.21. The monoisotopic (exact) mass is 312 g/mol. The molecule has 1 heterocycles. The maximum Gasteiger partial charge on any atom is 0.150 e. The van der Waals surface area contributed by atoms with E-state index in [1.165, 1.54) is 18.6 Å². The van der Waals surface area contributed by atoms with E-state index in [4.69, 9.17) is 18.0 Å². The van der Waals surface area contributed by atoms with Gasteiger partial charge in [0.05, 0.1) is 0 Å². The molecule has 0 aliphatic carbocycles. The third-order valence-electron chi connectivity index (χ3n) is 4.16. The Kier molecular flexibility index (Phi) is 5.51. The summed E-state index contributed by atoms with van der Waals surface area (Å²) in [5.74, 6) is -0.486. The van der Waals surface area contributed by atoms with Crippen molar-refractivity contribution in [3.63, 3.8) is 0 Å². The predicted molar refractivity (Wildman–Crippen MR) is 86.7 cm³/mol. The number of halogens is 2. The number of anilines is 1. The van der Waals surface area contributed by atoms with Gasteiger partial charge in [0, 0.05) is 18.7 Å². The van der Waals surface area contributed by atoms with Gasteiger partial charge in [-0.25, -0.2) is 8.78 Å². The van der Waals surface area contributed by atoms with Crippen LogP contribution in [0.3, 0.4) is 0 Å². The van der Waals surface area contributed by atoms with Crippen LogP contribution in [0.2, 0.25) is 0 Å². The lowest BCUT2D eigenvalue weighted by molar-refractivity contribution is 0.435. The van der Waals surface area contributed by atoms with E-state index in [2.05, 4.69) is 6.92 Å². The van der Waals surface area contributed by atoms with E-state index in [-0.39, 0.29) is 16.2 Å². The van der Waals surface area contributed by atoms with Crippen LogP contribution in [0.25, 0.3) is 0 Å². The van der Waals surface area contributed by atoms with Crippen LogP contribution in [-0.2, 0) is 0 Å². The smallest absolute Gasteiger partial charge is 0.150 e. The summed E-state index contributed by atoms with van der Waals surface area (Å²) in [5, 5.41) is 0. The average molecular weight is 312 g/mol. The maximum absolute atomic E-state index is 14.2. The molecular formula is C16H22F2N2S. The van der Waals surface area contributed by atoms with Crippen LogP contribution < -0.4 is 10.6 Å². The summed E-state index contributed by atoms with van der Waals surface area (Å²) in [4.78, 5) is 1.84. The van der Waals surface area contributed by atoms with Gasteiger partial charge < -0.3 is 10.6 Å². The lowest BCUT2D eigenvalue weighted by Crippen LogP contribution is -2.27. The fraction of sp³-hybridized carbons (Fsp3) is 0.562. The summed E-state index contributed by atoms with van der Waals surface area (Å²) in [6, 6.07) is 2.46. The highest BCUT2D eigenvalue weighted by Gasteiger charge is 2.22. The zero-order valence-corrected chi connectivity index (χ0v) is 13.2. The maximum atomic E-state index is 14.2. The molecule has 2 nitrogen and oxygen atoms in total. The van der Waals surface area contributed by atoms with Crippen LogP contribution in [0.1, 0.15) is 44.6 Å². The molecule has 1 aliphatic rings.